The topological polar surface area (TPSA) is 68.7 Å². The van der Waals surface area contributed by atoms with Gasteiger partial charge in [0.05, 0.1) is 12.1 Å². The molecular formula is C20H24F2N2O4S2. The number of alkyl halides is 2. The number of nitrogens with zero attached hydrogens (tertiary/aromatic N) is 2. The molecule has 0 aliphatic carbocycles. The maximum Gasteiger partial charge on any atom is 0.387 e. The Morgan fingerprint density at radius 3 is 2.43 bits per heavy atom. The van der Waals surface area contributed by atoms with Gasteiger partial charge in [0.1, 0.15) is 4.90 Å². The van der Waals surface area contributed by atoms with E-state index in [1.54, 1.807) is 28.6 Å². The molecule has 0 atom stereocenters. The number of benzene rings is 1. The van der Waals surface area contributed by atoms with Crippen molar-refractivity contribution in [1.29, 1.82) is 0 Å². The molecule has 1 fully saturated rings. The van der Waals surface area contributed by atoms with Crippen molar-refractivity contribution >= 4 is 21.8 Å². The summed E-state index contributed by atoms with van der Waals surface area (Å²) in [5.74, 6) is 0.707. The van der Waals surface area contributed by atoms with Crippen LogP contribution < -0.4 is 9.47 Å². The van der Waals surface area contributed by atoms with Crippen molar-refractivity contribution in [3.8, 4) is 11.5 Å². The summed E-state index contributed by atoms with van der Waals surface area (Å²) in [5, 5.41) is 0.664. The van der Waals surface area contributed by atoms with Crippen molar-refractivity contribution in [3.05, 3.63) is 42.1 Å². The maximum atomic E-state index is 12.8. The van der Waals surface area contributed by atoms with Gasteiger partial charge in [0.2, 0.25) is 10.0 Å². The average molecular weight is 459 g/mol. The lowest BCUT2D eigenvalue weighted by Crippen LogP contribution is -2.32. The van der Waals surface area contributed by atoms with Gasteiger partial charge in [0.15, 0.2) is 11.5 Å². The summed E-state index contributed by atoms with van der Waals surface area (Å²) < 4.78 is 61.5. The second-order valence-electron chi connectivity index (χ2n) is 6.80. The third-order valence-electron chi connectivity index (χ3n) is 4.74. The molecule has 0 radical (unpaired) electrons. The van der Waals surface area contributed by atoms with Gasteiger partial charge in [0.25, 0.3) is 0 Å². The van der Waals surface area contributed by atoms with Crippen LogP contribution in [0.2, 0.25) is 0 Å². The molecule has 2 aromatic rings. The molecule has 164 valence electrons. The van der Waals surface area contributed by atoms with Crippen molar-refractivity contribution in [1.82, 2.24) is 9.29 Å². The minimum Gasteiger partial charge on any atom is -0.493 e. The lowest BCUT2D eigenvalue weighted by molar-refractivity contribution is -0.0512. The third kappa shape index (κ3) is 5.83. The lowest BCUT2D eigenvalue weighted by Gasteiger charge is -2.19. The van der Waals surface area contributed by atoms with E-state index in [-0.39, 0.29) is 16.4 Å². The van der Waals surface area contributed by atoms with Gasteiger partial charge in [0, 0.05) is 25.0 Å². The van der Waals surface area contributed by atoms with Crippen LogP contribution in [0.1, 0.15) is 31.2 Å². The first-order chi connectivity index (χ1) is 14.4. The van der Waals surface area contributed by atoms with Gasteiger partial charge in [-0.15, -0.1) is 11.8 Å². The highest BCUT2D eigenvalue weighted by Gasteiger charge is 2.25. The molecule has 0 amide bonds. The van der Waals surface area contributed by atoms with Crippen LogP contribution in [0.25, 0.3) is 0 Å². The number of rotatable bonds is 8. The molecule has 6 nitrogen and oxygen atoms in total. The largest absolute Gasteiger partial charge is 0.493 e. The molecule has 1 aromatic heterocycles. The summed E-state index contributed by atoms with van der Waals surface area (Å²) >= 11 is 1.41. The summed E-state index contributed by atoms with van der Waals surface area (Å²) in [7, 11) is -2.14. The highest BCUT2D eigenvalue weighted by atomic mass is 32.2. The Labute approximate surface area is 179 Å². The first-order valence-corrected chi connectivity index (χ1v) is 12.0. The zero-order chi connectivity index (χ0) is 21.6. The molecule has 0 bridgehead atoms. The van der Waals surface area contributed by atoms with E-state index in [4.69, 9.17) is 4.74 Å². The Morgan fingerprint density at radius 2 is 1.83 bits per heavy atom. The van der Waals surface area contributed by atoms with Crippen LogP contribution in [0.4, 0.5) is 8.78 Å². The van der Waals surface area contributed by atoms with Crippen LogP contribution >= 0.6 is 11.8 Å². The number of pyridine rings is 1. The number of aromatic nitrogens is 1. The van der Waals surface area contributed by atoms with Gasteiger partial charge in [-0.2, -0.15) is 13.1 Å². The molecule has 0 N–H and O–H groups in total. The van der Waals surface area contributed by atoms with Gasteiger partial charge in [-0.05, 0) is 42.7 Å². The normalized spacial score (nSPS) is 15.7. The van der Waals surface area contributed by atoms with E-state index in [0.717, 1.165) is 31.2 Å². The van der Waals surface area contributed by atoms with E-state index in [9.17, 15) is 17.2 Å². The third-order valence-corrected chi connectivity index (χ3v) is 7.64. The highest BCUT2D eigenvalue weighted by Crippen LogP contribution is 2.32. The van der Waals surface area contributed by atoms with Crippen LogP contribution in [0, 0.1) is 0 Å². The van der Waals surface area contributed by atoms with Gasteiger partial charge in [-0.1, -0.05) is 18.9 Å². The predicted octanol–water partition coefficient (Wildman–Crippen LogP) is 4.55. The van der Waals surface area contributed by atoms with Crippen LogP contribution in [0.5, 0.6) is 11.5 Å². The fourth-order valence-electron chi connectivity index (χ4n) is 3.19. The fourth-order valence-corrected chi connectivity index (χ4v) is 5.44. The molecule has 1 aliphatic rings. The van der Waals surface area contributed by atoms with Gasteiger partial charge in [-0.25, -0.2) is 13.4 Å². The summed E-state index contributed by atoms with van der Waals surface area (Å²) in [6.07, 6.45) is 5.26. The molecule has 0 spiro atoms. The van der Waals surface area contributed by atoms with Crippen LogP contribution in [-0.2, 0) is 15.8 Å². The first-order valence-electron chi connectivity index (χ1n) is 9.61. The molecule has 0 unspecified atom stereocenters. The highest BCUT2D eigenvalue weighted by molar-refractivity contribution is 7.98. The number of hydrogen-bond acceptors (Lipinski definition) is 6. The van der Waals surface area contributed by atoms with E-state index in [1.807, 2.05) is 0 Å². The minimum atomic E-state index is -3.52. The Balaban J connectivity index is 1.64. The molecule has 1 aromatic carbocycles. The summed E-state index contributed by atoms with van der Waals surface area (Å²) in [5.41, 5.74) is 0.835. The van der Waals surface area contributed by atoms with E-state index in [0.29, 0.717) is 23.9 Å². The van der Waals surface area contributed by atoms with Crippen molar-refractivity contribution in [2.24, 2.45) is 0 Å². The Kier molecular flexibility index (Phi) is 7.90. The number of thioether (sulfide) groups is 1. The molecule has 0 saturated carbocycles. The number of halogens is 2. The average Bonchev–Trinajstić information content (AvgIpc) is 3.03. The first kappa shape index (κ1) is 22.8. The summed E-state index contributed by atoms with van der Waals surface area (Å²) in [6.45, 7) is -1.83. The quantitative estimate of drug-likeness (QED) is 0.541. The summed E-state index contributed by atoms with van der Waals surface area (Å²) in [6, 6.07) is 8.00. The fraction of sp³-hybridized carbons (Fsp3) is 0.450. The lowest BCUT2D eigenvalue weighted by atomic mass is 10.2. The molecule has 1 aliphatic heterocycles. The van der Waals surface area contributed by atoms with Gasteiger partial charge >= 0.3 is 6.61 Å². The monoisotopic (exact) mass is 458 g/mol. The smallest absolute Gasteiger partial charge is 0.387 e. The Hall–Kier alpha value is -1.91. The molecule has 10 heteroatoms. The van der Waals surface area contributed by atoms with Gasteiger partial charge < -0.3 is 9.47 Å². The second kappa shape index (κ2) is 10.4. The maximum absolute atomic E-state index is 12.8. The van der Waals surface area contributed by atoms with Crippen molar-refractivity contribution in [2.45, 2.75) is 48.0 Å². The molecule has 1 saturated heterocycles. The van der Waals surface area contributed by atoms with Crippen LogP contribution in [-0.4, -0.2) is 44.5 Å². The Bertz CT molecular complexity index is 932. The molecule has 3 rings (SSSR count). The van der Waals surface area contributed by atoms with Gasteiger partial charge in [-0.3, -0.25) is 0 Å². The number of ether oxygens (including phenoxy) is 2. The van der Waals surface area contributed by atoms with Crippen molar-refractivity contribution in [3.63, 3.8) is 0 Å². The number of sulfonamides is 1. The standard InChI is InChI=1S/C20H24F2N2O4S2/c1-27-18-12-15(6-8-17(18)28-20(21)22)14-29-19-9-7-16(13-23-19)30(25,26)24-10-4-2-3-5-11-24/h6-9,12-13,20H,2-5,10-11,14H2,1H3. The molecule has 2 heterocycles. The number of methoxy groups -OCH3 is 1. The molecular weight excluding hydrogens is 434 g/mol. The summed E-state index contributed by atoms with van der Waals surface area (Å²) in [4.78, 5) is 4.48. The zero-order valence-corrected chi connectivity index (χ0v) is 18.2. The van der Waals surface area contributed by atoms with Crippen molar-refractivity contribution < 1.29 is 26.7 Å². The van der Waals surface area contributed by atoms with Crippen LogP contribution in [0.15, 0.2) is 46.5 Å². The van der Waals surface area contributed by atoms with E-state index >= 15 is 0 Å². The van der Waals surface area contributed by atoms with Crippen LogP contribution in [0.3, 0.4) is 0 Å². The number of hydrogen-bond donors (Lipinski definition) is 0. The minimum absolute atomic E-state index is 0.0255. The second-order valence-corrected chi connectivity index (χ2v) is 9.74. The van der Waals surface area contributed by atoms with E-state index < -0.39 is 16.6 Å². The van der Waals surface area contributed by atoms with Crippen molar-refractivity contribution in [2.75, 3.05) is 20.2 Å². The predicted molar refractivity (Wildman–Crippen MR) is 111 cm³/mol. The molecule has 30 heavy (non-hydrogen) atoms. The zero-order valence-electron chi connectivity index (χ0n) is 16.6. The SMILES string of the molecule is COc1cc(CSc2ccc(S(=O)(=O)N3CCCCCC3)cn2)ccc1OC(F)F. The Morgan fingerprint density at radius 1 is 1.10 bits per heavy atom. The van der Waals surface area contributed by atoms with E-state index in [1.165, 1.54) is 31.1 Å². The van der Waals surface area contributed by atoms with E-state index in [2.05, 4.69) is 9.72 Å².